The number of hydrogen-bond donors (Lipinski definition) is 1. The maximum absolute atomic E-state index is 9.85. The summed E-state index contributed by atoms with van der Waals surface area (Å²) in [5.41, 5.74) is 6.43. The van der Waals surface area contributed by atoms with Gasteiger partial charge >= 0.3 is 0 Å². The molecule has 0 aliphatic carbocycles. The summed E-state index contributed by atoms with van der Waals surface area (Å²) in [7, 11) is 1.88. The summed E-state index contributed by atoms with van der Waals surface area (Å²) in [5.74, 6) is 0.585. The number of nitrogens with zero attached hydrogens (tertiary/aromatic N) is 4. The first-order chi connectivity index (χ1) is 15.7. The van der Waals surface area contributed by atoms with Crippen LogP contribution in [0.1, 0.15) is 11.1 Å². The Balaban J connectivity index is 1.37. The first kappa shape index (κ1) is 19.9. The number of rotatable bonds is 6. The summed E-state index contributed by atoms with van der Waals surface area (Å²) in [6.07, 6.45) is 5.45. The molecule has 5 aromatic rings. The van der Waals surface area contributed by atoms with E-state index >= 15 is 0 Å². The van der Waals surface area contributed by atoms with Gasteiger partial charge in [-0.25, -0.2) is 4.98 Å². The third kappa shape index (κ3) is 3.96. The van der Waals surface area contributed by atoms with E-state index in [0.29, 0.717) is 12.5 Å². The lowest BCUT2D eigenvalue weighted by Crippen LogP contribution is -1.99. The Morgan fingerprint density at radius 2 is 1.72 bits per heavy atom. The van der Waals surface area contributed by atoms with Crippen molar-refractivity contribution in [2.45, 2.75) is 13.2 Å². The van der Waals surface area contributed by atoms with E-state index in [9.17, 15) is 5.11 Å². The predicted molar refractivity (Wildman–Crippen MR) is 124 cm³/mol. The van der Waals surface area contributed by atoms with Gasteiger partial charge < -0.3 is 9.84 Å². The number of aryl methyl sites for hydroxylation is 1. The van der Waals surface area contributed by atoms with Crippen molar-refractivity contribution in [3.8, 4) is 28.3 Å². The zero-order chi connectivity index (χ0) is 21.9. The fraction of sp³-hybridized carbons (Fsp3) is 0.115. The van der Waals surface area contributed by atoms with E-state index in [0.717, 1.165) is 44.4 Å². The molecule has 2 aromatic carbocycles. The molecule has 0 aliphatic heterocycles. The number of aliphatic hydroxyl groups excluding tert-OH is 1. The Labute approximate surface area is 185 Å². The third-order valence-electron chi connectivity index (χ3n) is 5.36. The average molecular weight is 422 g/mol. The minimum absolute atomic E-state index is 0.0600. The van der Waals surface area contributed by atoms with Gasteiger partial charge in [0.1, 0.15) is 6.61 Å². The number of benzene rings is 2. The number of hydrogen-bond acceptors (Lipinski definition) is 5. The Hall–Kier alpha value is -4.03. The van der Waals surface area contributed by atoms with E-state index in [4.69, 9.17) is 9.72 Å². The zero-order valence-corrected chi connectivity index (χ0v) is 17.6. The molecule has 0 atom stereocenters. The second-order valence-corrected chi connectivity index (χ2v) is 7.59. The van der Waals surface area contributed by atoms with E-state index in [1.165, 1.54) is 0 Å². The van der Waals surface area contributed by atoms with Crippen LogP contribution in [0.3, 0.4) is 0 Å². The number of ether oxygens (including phenoxy) is 1. The van der Waals surface area contributed by atoms with Crippen LogP contribution in [0.15, 0.2) is 85.3 Å². The largest absolute Gasteiger partial charge is 0.471 e. The van der Waals surface area contributed by atoms with Crippen LogP contribution in [-0.2, 0) is 20.3 Å². The smallest absolute Gasteiger partial charge is 0.241 e. The topological polar surface area (TPSA) is 73.1 Å². The van der Waals surface area contributed by atoms with Crippen LogP contribution in [0.2, 0.25) is 0 Å². The van der Waals surface area contributed by atoms with Gasteiger partial charge in [0.15, 0.2) is 0 Å². The third-order valence-corrected chi connectivity index (χ3v) is 5.36. The SMILES string of the molecule is Cn1cc(-c2ccncc2)c(OCc2ccc(-c3nc4ccccc4cc3CO)cc2)n1. The van der Waals surface area contributed by atoms with Gasteiger partial charge in [-0.15, -0.1) is 5.10 Å². The van der Waals surface area contributed by atoms with Crippen molar-refractivity contribution < 1.29 is 9.84 Å². The molecule has 0 amide bonds. The molecule has 0 saturated carbocycles. The first-order valence-electron chi connectivity index (χ1n) is 10.4. The van der Waals surface area contributed by atoms with Crippen molar-refractivity contribution >= 4 is 10.9 Å². The Morgan fingerprint density at radius 3 is 2.50 bits per heavy atom. The standard InChI is InChI=1S/C26H22N4O2/c1-30-15-23(19-10-12-27-13-11-19)26(29-30)32-17-18-6-8-20(9-7-18)25-22(16-31)14-21-4-2-3-5-24(21)28-25/h2-15,31H,16-17H2,1H3. The molecular weight excluding hydrogens is 400 g/mol. The van der Waals surface area contributed by atoms with Gasteiger partial charge in [-0.3, -0.25) is 9.67 Å². The highest BCUT2D eigenvalue weighted by Crippen LogP contribution is 2.29. The fourth-order valence-electron chi connectivity index (χ4n) is 3.74. The fourth-order valence-corrected chi connectivity index (χ4v) is 3.74. The molecule has 5 rings (SSSR count). The van der Waals surface area contributed by atoms with Crippen LogP contribution >= 0.6 is 0 Å². The van der Waals surface area contributed by atoms with Gasteiger partial charge in [0.25, 0.3) is 0 Å². The molecule has 0 spiro atoms. The van der Waals surface area contributed by atoms with E-state index in [1.807, 2.05) is 80.0 Å². The average Bonchev–Trinajstić information content (AvgIpc) is 3.23. The molecular formula is C26H22N4O2. The maximum Gasteiger partial charge on any atom is 0.241 e. The van der Waals surface area contributed by atoms with Crippen molar-refractivity contribution in [1.82, 2.24) is 19.7 Å². The summed E-state index contributed by atoms with van der Waals surface area (Å²) in [6.45, 7) is 0.336. The molecule has 1 N–H and O–H groups in total. The zero-order valence-electron chi connectivity index (χ0n) is 17.6. The molecule has 0 aliphatic rings. The van der Waals surface area contributed by atoms with Crippen molar-refractivity contribution in [2.24, 2.45) is 7.05 Å². The Morgan fingerprint density at radius 1 is 0.938 bits per heavy atom. The van der Waals surface area contributed by atoms with Gasteiger partial charge in [0.2, 0.25) is 5.88 Å². The number of para-hydroxylation sites is 1. The summed E-state index contributed by atoms with van der Waals surface area (Å²) in [4.78, 5) is 8.85. The van der Waals surface area contributed by atoms with Gasteiger partial charge in [0.05, 0.1) is 23.4 Å². The van der Waals surface area contributed by atoms with Crippen LogP contribution in [0.4, 0.5) is 0 Å². The predicted octanol–water partition coefficient (Wildman–Crippen LogP) is 4.77. The Kier molecular flexibility index (Phi) is 5.35. The lowest BCUT2D eigenvalue weighted by Gasteiger charge is -2.10. The van der Waals surface area contributed by atoms with Crippen LogP contribution in [0, 0.1) is 0 Å². The summed E-state index contributed by atoms with van der Waals surface area (Å²) in [5, 5.41) is 15.3. The van der Waals surface area contributed by atoms with Crippen LogP contribution in [-0.4, -0.2) is 24.9 Å². The van der Waals surface area contributed by atoms with E-state index < -0.39 is 0 Å². The van der Waals surface area contributed by atoms with Gasteiger partial charge in [-0.2, -0.15) is 0 Å². The van der Waals surface area contributed by atoms with E-state index in [-0.39, 0.29) is 6.61 Å². The lowest BCUT2D eigenvalue weighted by atomic mass is 10.0. The number of fused-ring (bicyclic) bond motifs is 1. The van der Waals surface area contributed by atoms with Crippen LogP contribution < -0.4 is 4.74 Å². The number of aromatic nitrogens is 4. The van der Waals surface area contributed by atoms with Crippen molar-refractivity contribution in [3.63, 3.8) is 0 Å². The molecule has 6 nitrogen and oxygen atoms in total. The lowest BCUT2D eigenvalue weighted by molar-refractivity contribution is 0.282. The first-order valence-corrected chi connectivity index (χ1v) is 10.4. The molecule has 3 heterocycles. The molecule has 0 radical (unpaired) electrons. The highest BCUT2D eigenvalue weighted by atomic mass is 16.5. The molecule has 0 fully saturated rings. The minimum atomic E-state index is -0.0600. The second-order valence-electron chi connectivity index (χ2n) is 7.59. The maximum atomic E-state index is 9.85. The molecule has 6 heteroatoms. The van der Waals surface area contributed by atoms with Gasteiger partial charge in [-0.1, -0.05) is 42.5 Å². The molecule has 0 saturated heterocycles. The molecule has 3 aromatic heterocycles. The molecule has 0 unspecified atom stereocenters. The molecule has 0 bridgehead atoms. The molecule has 32 heavy (non-hydrogen) atoms. The number of aliphatic hydroxyl groups is 1. The summed E-state index contributed by atoms with van der Waals surface area (Å²) >= 11 is 0. The van der Waals surface area contributed by atoms with Crippen LogP contribution in [0.25, 0.3) is 33.3 Å². The second kappa shape index (κ2) is 8.61. The van der Waals surface area contributed by atoms with Gasteiger partial charge in [-0.05, 0) is 35.4 Å². The van der Waals surface area contributed by atoms with Crippen LogP contribution in [0.5, 0.6) is 5.88 Å². The molecule has 158 valence electrons. The summed E-state index contributed by atoms with van der Waals surface area (Å²) < 4.78 is 7.78. The normalized spacial score (nSPS) is 11.1. The monoisotopic (exact) mass is 422 g/mol. The van der Waals surface area contributed by atoms with Gasteiger partial charge in [0, 0.05) is 42.2 Å². The minimum Gasteiger partial charge on any atom is -0.471 e. The highest BCUT2D eigenvalue weighted by Gasteiger charge is 2.12. The highest BCUT2D eigenvalue weighted by molar-refractivity contribution is 5.83. The number of pyridine rings is 2. The van der Waals surface area contributed by atoms with E-state index in [1.54, 1.807) is 17.1 Å². The van der Waals surface area contributed by atoms with Crippen molar-refractivity contribution in [2.75, 3.05) is 0 Å². The quantitative estimate of drug-likeness (QED) is 0.427. The summed E-state index contributed by atoms with van der Waals surface area (Å²) in [6, 6.07) is 21.9. The van der Waals surface area contributed by atoms with E-state index in [2.05, 4.69) is 10.1 Å². The van der Waals surface area contributed by atoms with Crippen molar-refractivity contribution in [3.05, 3.63) is 96.4 Å². The Bertz CT molecular complexity index is 1360. The van der Waals surface area contributed by atoms with Crippen molar-refractivity contribution in [1.29, 1.82) is 0 Å².